The van der Waals surface area contributed by atoms with Crippen LogP contribution < -0.4 is 10.3 Å². The second-order valence-corrected chi connectivity index (χ2v) is 8.84. The Kier molecular flexibility index (Phi) is 3.64. The quantitative estimate of drug-likeness (QED) is 0.833. The molecule has 0 amide bonds. The molecule has 2 aliphatic carbocycles. The molecule has 0 radical (unpaired) electrons. The average Bonchev–Trinajstić information content (AvgIpc) is 3.51. The number of rotatable bonds is 3. The van der Waals surface area contributed by atoms with Crippen molar-refractivity contribution in [1.29, 1.82) is 0 Å². The summed E-state index contributed by atoms with van der Waals surface area (Å²) in [6.45, 7) is 3.50. The van der Waals surface area contributed by atoms with Gasteiger partial charge in [-0.15, -0.1) is 0 Å². The van der Waals surface area contributed by atoms with Crippen LogP contribution >= 0.6 is 11.6 Å². The third-order valence-corrected chi connectivity index (χ3v) is 7.06. The highest BCUT2D eigenvalue weighted by atomic mass is 35.5. The van der Waals surface area contributed by atoms with E-state index in [4.69, 9.17) is 11.6 Å². The summed E-state index contributed by atoms with van der Waals surface area (Å²) in [7, 11) is 0. The fourth-order valence-electron chi connectivity index (χ4n) is 4.68. The maximum atomic E-state index is 15.1. The summed E-state index contributed by atoms with van der Waals surface area (Å²) in [6, 6.07) is 0.462. The smallest absolute Gasteiger partial charge is 0.341 e. The van der Waals surface area contributed by atoms with Crippen molar-refractivity contribution in [2.45, 2.75) is 38.4 Å². The Labute approximate surface area is 164 Å². The molecule has 1 spiro atoms. The minimum atomic E-state index is -1.43. The maximum absolute atomic E-state index is 15.1. The Morgan fingerprint density at radius 1 is 1.39 bits per heavy atom. The van der Waals surface area contributed by atoms with Crippen LogP contribution in [0.1, 0.15) is 42.6 Å². The zero-order chi connectivity index (χ0) is 20.0. The van der Waals surface area contributed by atoms with Crippen molar-refractivity contribution in [2.24, 2.45) is 11.3 Å². The molecule has 1 saturated heterocycles. The molecule has 1 aromatic heterocycles. The first kappa shape index (κ1) is 17.9. The highest BCUT2D eigenvalue weighted by Gasteiger charge is 2.53. The number of alkyl halides is 1. The van der Waals surface area contributed by atoms with E-state index < -0.39 is 35.0 Å². The van der Waals surface area contributed by atoms with Gasteiger partial charge >= 0.3 is 5.97 Å². The summed E-state index contributed by atoms with van der Waals surface area (Å²) in [4.78, 5) is 26.0. The van der Waals surface area contributed by atoms with Crippen molar-refractivity contribution in [2.75, 3.05) is 18.0 Å². The van der Waals surface area contributed by atoms with Gasteiger partial charge in [-0.05, 0) is 30.2 Å². The first-order chi connectivity index (χ1) is 13.2. The van der Waals surface area contributed by atoms with Gasteiger partial charge in [-0.3, -0.25) is 4.79 Å². The molecule has 3 aliphatic rings. The van der Waals surface area contributed by atoms with Crippen molar-refractivity contribution in [3.8, 4) is 0 Å². The Bertz CT molecular complexity index is 1100. The molecular formula is C20H19ClF2N2O3. The molecule has 0 bridgehead atoms. The van der Waals surface area contributed by atoms with Gasteiger partial charge in [0.2, 0.25) is 5.43 Å². The van der Waals surface area contributed by atoms with E-state index in [-0.39, 0.29) is 33.4 Å². The van der Waals surface area contributed by atoms with Crippen LogP contribution in [-0.2, 0) is 0 Å². The predicted octanol–water partition coefficient (Wildman–Crippen LogP) is 4.01. The number of hydrogen-bond acceptors (Lipinski definition) is 3. The van der Waals surface area contributed by atoms with Crippen LogP contribution in [0.15, 0.2) is 17.1 Å². The number of pyridine rings is 1. The minimum absolute atomic E-state index is 0.0491. The van der Waals surface area contributed by atoms with E-state index >= 15 is 4.39 Å². The van der Waals surface area contributed by atoms with Gasteiger partial charge in [0.1, 0.15) is 17.6 Å². The van der Waals surface area contributed by atoms with Crippen molar-refractivity contribution >= 4 is 34.2 Å². The number of halogens is 3. The van der Waals surface area contributed by atoms with Crippen molar-refractivity contribution in [1.82, 2.24) is 4.57 Å². The second-order valence-electron chi connectivity index (χ2n) is 8.46. The van der Waals surface area contributed by atoms with Gasteiger partial charge in [0, 0.05) is 25.7 Å². The first-order valence-electron chi connectivity index (χ1n) is 9.42. The van der Waals surface area contributed by atoms with Crippen molar-refractivity contribution < 1.29 is 18.7 Å². The lowest BCUT2D eigenvalue weighted by molar-refractivity contribution is 0.0694. The Morgan fingerprint density at radius 3 is 2.61 bits per heavy atom. The van der Waals surface area contributed by atoms with E-state index in [1.165, 1.54) is 4.57 Å². The molecule has 1 aliphatic heterocycles. The van der Waals surface area contributed by atoms with Gasteiger partial charge in [-0.25, -0.2) is 13.6 Å². The van der Waals surface area contributed by atoms with Gasteiger partial charge in [-0.1, -0.05) is 18.5 Å². The molecule has 2 heterocycles. The van der Waals surface area contributed by atoms with E-state index in [1.54, 1.807) is 0 Å². The Hall–Kier alpha value is -2.15. The highest BCUT2D eigenvalue weighted by molar-refractivity contribution is 6.38. The number of aromatic carboxylic acids is 1. The fraction of sp³-hybridized carbons (Fsp3) is 0.500. The number of nitrogens with zero attached hydrogens (tertiary/aromatic N) is 2. The molecule has 2 saturated carbocycles. The highest BCUT2D eigenvalue weighted by Crippen LogP contribution is 2.57. The number of anilines is 1. The molecule has 5 rings (SSSR count). The summed E-state index contributed by atoms with van der Waals surface area (Å²) in [5, 5.41) is 9.26. The summed E-state index contributed by atoms with van der Waals surface area (Å²) < 4.78 is 30.3. The van der Waals surface area contributed by atoms with Crippen LogP contribution in [0.4, 0.5) is 14.5 Å². The van der Waals surface area contributed by atoms with E-state index in [0.29, 0.717) is 19.0 Å². The summed E-state index contributed by atoms with van der Waals surface area (Å²) >= 11 is 6.61. The molecule has 3 fully saturated rings. The Morgan fingerprint density at radius 2 is 2.07 bits per heavy atom. The standard InChI is InChI=1S/C20H19ClF2N2O3/c1-9-6-24(8-20(9)2-3-20)17-13(23)4-10-16(15(17)21)25(14-5-12(14)22)7-11(18(10)26)19(27)28/h4,7,9,12,14H,2-3,5-6,8H2,1H3,(H,27,28)/t9-,12+,14?/m1/s1. The van der Waals surface area contributed by atoms with E-state index in [9.17, 15) is 19.1 Å². The van der Waals surface area contributed by atoms with Crippen LogP contribution in [0.5, 0.6) is 0 Å². The second kappa shape index (κ2) is 5.69. The maximum Gasteiger partial charge on any atom is 0.341 e. The SMILES string of the molecule is C[C@@H]1CN(c2c(F)cc3c(=O)c(C(=O)O)cn(C4C[C@@H]4F)c3c2Cl)CC12CC2. The third-order valence-electron chi connectivity index (χ3n) is 6.71. The summed E-state index contributed by atoms with van der Waals surface area (Å²) in [5.74, 6) is -1.67. The normalized spacial score (nSPS) is 27.6. The van der Waals surface area contributed by atoms with Crippen LogP contribution in [0.2, 0.25) is 5.02 Å². The number of fused-ring (bicyclic) bond motifs is 1. The van der Waals surface area contributed by atoms with Gasteiger partial charge in [0.25, 0.3) is 0 Å². The lowest BCUT2D eigenvalue weighted by Gasteiger charge is -2.23. The number of carbonyl (C=O) groups is 1. The zero-order valence-corrected chi connectivity index (χ0v) is 16.0. The summed E-state index contributed by atoms with van der Waals surface area (Å²) in [5.41, 5.74) is -0.685. The molecule has 5 nitrogen and oxygen atoms in total. The zero-order valence-electron chi connectivity index (χ0n) is 15.2. The minimum Gasteiger partial charge on any atom is -0.477 e. The molecule has 1 aromatic carbocycles. The number of carboxylic acids is 1. The van der Waals surface area contributed by atoms with Gasteiger partial charge in [-0.2, -0.15) is 0 Å². The Balaban J connectivity index is 1.75. The largest absolute Gasteiger partial charge is 0.477 e. The van der Waals surface area contributed by atoms with Crippen LogP contribution in [0.3, 0.4) is 0 Å². The number of benzene rings is 1. The van der Waals surface area contributed by atoms with Crippen LogP contribution in [0, 0.1) is 17.2 Å². The van der Waals surface area contributed by atoms with Gasteiger partial charge in [0.15, 0.2) is 0 Å². The number of hydrogen-bond donors (Lipinski definition) is 1. The number of carboxylic acid groups (broad SMARTS) is 1. The molecule has 1 N–H and O–H groups in total. The third kappa shape index (κ3) is 2.41. The monoisotopic (exact) mass is 408 g/mol. The summed E-state index contributed by atoms with van der Waals surface area (Å²) in [6.07, 6.45) is 2.42. The topological polar surface area (TPSA) is 62.5 Å². The van der Waals surface area contributed by atoms with Gasteiger partial charge in [0.05, 0.1) is 27.7 Å². The average molecular weight is 409 g/mol. The van der Waals surface area contributed by atoms with E-state index in [1.807, 2.05) is 4.90 Å². The lowest BCUT2D eigenvalue weighted by Crippen LogP contribution is -2.24. The number of aromatic nitrogens is 1. The van der Waals surface area contributed by atoms with Crippen molar-refractivity contribution in [3.63, 3.8) is 0 Å². The first-order valence-corrected chi connectivity index (χ1v) is 9.80. The predicted molar refractivity (Wildman–Crippen MR) is 102 cm³/mol. The van der Waals surface area contributed by atoms with E-state index in [0.717, 1.165) is 25.1 Å². The molecule has 2 aromatic rings. The van der Waals surface area contributed by atoms with Crippen molar-refractivity contribution in [3.05, 3.63) is 38.9 Å². The molecule has 8 heteroatoms. The van der Waals surface area contributed by atoms with Crippen LogP contribution in [0.25, 0.3) is 10.9 Å². The lowest BCUT2D eigenvalue weighted by atomic mass is 9.95. The van der Waals surface area contributed by atoms with Gasteiger partial charge < -0.3 is 14.6 Å². The molecule has 1 unspecified atom stereocenters. The van der Waals surface area contributed by atoms with Crippen LogP contribution in [-0.4, -0.2) is 34.9 Å². The molecule has 3 atom stereocenters. The van der Waals surface area contributed by atoms with E-state index in [2.05, 4.69) is 6.92 Å². The molecular weight excluding hydrogens is 390 g/mol. The fourth-order valence-corrected chi connectivity index (χ4v) is 5.09. The molecule has 28 heavy (non-hydrogen) atoms. The molecule has 148 valence electrons.